The fraction of sp³-hybridized carbons (Fsp3) is 0.200. The highest BCUT2D eigenvalue weighted by molar-refractivity contribution is 7.18. The van der Waals surface area contributed by atoms with Crippen LogP contribution in [0, 0.1) is 0 Å². The minimum absolute atomic E-state index is 0.0564. The van der Waals surface area contributed by atoms with Gasteiger partial charge in [-0.05, 0) is 23.8 Å². The van der Waals surface area contributed by atoms with Gasteiger partial charge in [0, 0.05) is 24.8 Å². The predicted molar refractivity (Wildman–Crippen MR) is 107 cm³/mol. The maximum atomic E-state index is 12.8. The number of pyridine rings is 1. The molecule has 27 heavy (non-hydrogen) atoms. The first-order chi connectivity index (χ1) is 13.2. The predicted octanol–water partition coefficient (Wildman–Crippen LogP) is 3.60. The van der Waals surface area contributed by atoms with Crippen LogP contribution in [-0.2, 0) is 4.74 Å². The van der Waals surface area contributed by atoms with E-state index in [1.807, 2.05) is 36.4 Å². The van der Waals surface area contributed by atoms with Crippen molar-refractivity contribution in [3.05, 3.63) is 59.6 Å². The quantitative estimate of drug-likeness (QED) is 0.722. The molecule has 6 nitrogen and oxygen atoms in total. The Hall–Kier alpha value is -2.90. The SMILES string of the molecule is O=C(Nc1ncccc1O)c1cc(-c2ccccc2)c(N2CCOCC2)s1. The lowest BCUT2D eigenvalue weighted by molar-refractivity contribution is 0.102. The van der Waals surface area contributed by atoms with E-state index >= 15 is 0 Å². The van der Waals surface area contributed by atoms with E-state index in [1.54, 1.807) is 6.07 Å². The van der Waals surface area contributed by atoms with Crippen molar-refractivity contribution in [2.45, 2.75) is 0 Å². The third kappa shape index (κ3) is 3.79. The summed E-state index contributed by atoms with van der Waals surface area (Å²) in [6.07, 6.45) is 1.53. The molecule has 1 amide bonds. The van der Waals surface area contributed by atoms with Crippen molar-refractivity contribution >= 4 is 28.1 Å². The van der Waals surface area contributed by atoms with E-state index in [0.717, 1.165) is 29.2 Å². The zero-order valence-corrected chi connectivity index (χ0v) is 15.4. The summed E-state index contributed by atoms with van der Waals surface area (Å²) in [6.45, 7) is 2.94. The summed E-state index contributed by atoms with van der Waals surface area (Å²) in [6, 6.07) is 15.0. The lowest BCUT2D eigenvalue weighted by Gasteiger charge is -2.28. The fourth-order valence-electron chi connectivity index (χ4n) is 2.98. The number of nitrogens with one attached hydrogen (secondary N) is 1. The van der Waals surface area contributed by atoms with Crippen LogP contribution < -0.4 is 10.2 Å². The molecule has 2 aromatic heterocycles. The number of aromatic nitrogens is 1. The van der Waals surface area contributed by atoms with Gasteiger partial charge in [-0.2, -0.15) is 0 Å². The average molecular weight is 381 g/mol. The van der Waals surface area contributed by atoms with Crippen molar-refractivity contribution < 1.29 is 14.6 Å². The molecule has 1 saturated heterocycles. The van der Waals surface area contributed by atoms with E-state index in [9.17, 15) is 9.90 Å². The maximum Gasteiger partial charge on any atom is 0.267 e. The van der Waals surface area contributed by atoms with E-state index < -0.39 is 0 Å². The van der Waals surface area contributed by atoms with E-state index in [4.69, 9.17) is 4.74 Å². The number of amides is 1. The van der Waals surface area contributed by atoms with Gasteiger partial charge in [0.25, 0.3) is 5.91 Å². The van der Waals surface area contributed by atoms with Crippen molar-refractivity contribution in [2.75, 3.05) is 36.5 Å². The molecule has 1 aromatic carbocycles. The fourth-order valence-corrected chi connectivity index (χ4v) is 4.11. The van der Waals surface area contributed by atoms with Crippen molar-refractivity contribution in [1.82, 2.24) is 4.98 Å². The van der Waals surface area contributed by atoms with E-state index in [2.05, 4.69) is 15.2 Å². The summed E-state index contributed by atoms with van der Waals surface area (Å²) in [4.78, 5) is 19.6. The molecule has 0 aliphatic carbocycles. The van der Waals surface area contributed by atoms with Gasteiger partial charge in [-0.1, -0.05) is 30.3 Å². The molecule has 0 unspecified atom stereocenters. The van der Waals surface area contributed by atoms with Gasteiger partial charge in [0.15, 0.2) is 11.6 Å². The first kappa shape index (κ1) is 17.5. The highest BCUT2D eigenvalue weighted by Gasteiger charge is 2.22. The molecule has 0 spiro atoms. The molecule has 0 radical (unpaired) electrons. The highest BCUT2D eigenvalue weighted by Crippen LogP contribution is 2.39. The number of morpholine rings is 1. The summed E-state index contributed by atoms with van der Waals surface area (Å²) in [7, 11) is 0. The summed E-state index contributed by atoms with van der Waals surface area (Å²) in [5.74, 6) is -0.185. The van der Waals surface area contributed by atoms with Gasteiger partial charge < -0.3 is 20.1 Å². The second-order valence-corrected chi connectivity index (χ2v) is 7.15. The molecule has 1 aliphatic heterocycles. The molecule has 1 aliphatic rings. The number of carbonyl (C=O) groups is 1. The molecule has 0 atom stereocenters. The highest BCUT2D eigenvalue weighted by atomic mass is 32.1. The number of rotatable bonds is 4. The normalized spacial score (nSPS) is 14.1. The number of ether oxygens (including phenoxy) is 1. The number of anilines is 2. The molecule has 138 valence electrons. The molecule has 3 aromatic rings. The first-order valence-corrected chi connectivity index (χ1v) is 9.51. The zero-order chi connectivity index (χ0) is 18.6. The topological polar surface area (TPSA) is 74.7 Å². The Morgan fingerprint density at radius 3 is 2.67 bits per heavy atom. The Kier molecular flexibility index (Phi) is 5.04. The Bertz CT molecular complexity index is 937. The third-order valence-corrected chi connectivity index (χ3v) is 5.53. The number of aromatic hydroxyl groups is 1. The van der Waals surface area contributed by atoms with Gasteiger partial charge in [-0.25, -0.2) is 4.98 Å². The lowest BCUT2D eigenvalue weighted by Crippen LogP contribution is -2.35. The Morgan fingerprint density at radius 1 is 1.15 bits per heavy atom. The van der Waals surface area contributed by atoms with Crippen LogP contribution in [0.1, 0.15) is 9.67 Å². The van der Waals surface area contributed by atoms with Crippen molar-refractivity contribution in [3.8, 4) is 16.9 Å². The molecular formula is C20H19N3O3S. The number of hydrogen-bond donors (Lipinski definition) is 2. The average Bonchev–Trinajstić information content (AvgIpc) is 3.17. The third-order valence-electron chi connectivity index (χ3n) is 4.34. The second-order valence-electron chi connectivity index (χ2n) is 6.12. The number of carbonyl (C=O) groups excluding carboxylic acids is 1. The number of benzene rings is 1. The van der Waals surface area contributed by atoms with Crippen LogP contribution in [0.15, 0.2) is 54.7 Å². The van der Waals surface area contributed by atoms with Crippen LogP contribution >= 0.6 is 11.3 Å². The molecular weight excluding hydrogens is 362 g/mol. The molecule has 4 rings (SSSR count). The van der Waals surface area contributed by atoms with Crippen LogP contribution in [0.4, 0.5) is 10.8 Å². The van der Waals surface area contributed by atoms with Gasteiger partial charge in [-0.3, -0.25) is 4.79 Å². The van der Waals surface area contributed by atoms with Crippen molar-refractivity contribution in [3.63, 3.8) is 0 Å². The minimum Gasteiger partial charge on any atom is -0.504 e. The van der Waals surface area contributed by atoms with Gasteiger partial charge in [0.1, 0.15) is 0 Å². The molecule has 3 heterocycles. The molecule has 7 heteroatoms. The van der Waals surface area contributed by atoms with Crippen molar-refractivity contribution in [1.29, 1.82) is 0 Å². The molecule has 1 fully saturated rings. The summed E-state index contributed by atoms with van der Waals surface area (Å²) >= 11 is 1.44. The smallest absolute Gasteiger partial charge is 0.267 e. The molecule has 0 bridgehead atoms. The molecule has 0 saturated carbocycles. The largest absolute Gasteiger partial charge is 0.504 e. The Labute approximate surface area is 161 Å². The Balaban J connectivity index is 1.68. The van der Waals surface area contributed by atoms with E-state index in [1.165, 1.54) is 23.6 Å². The maximum absolute atomic E-state index is 12.8. The number of nitrogens with zero attached hydrogens (tertiary/aromatic N) is 2. The lowest BCUT2D eigenvalue weighted by atomic mass is 10.1. The number of hydrogen-bond acceptors (Lipinski definition) is 6. The summed E-state index contributed by atoms with van der Waals surface area (Å²) < 4.78 is 5.46. The van der Waals surface area contributed by atoms with Crippen LogP contribution in [0.25, 0.3) is 11.1 Å². The second kappa shape index (κ2) is 7.77. The monoisotopic (exact) mass is 381 g/mol. The van der Waals surface area contributed by atoms with Gasteiger partial charge in [0.05, 0.1) is 23.1 Å². The first-order valence-electron chi connectivity index (χ1n) is 8.69. The minimum atomic E-state index is -0.286. The zero-order valence-electron chi connectivity index (χ0n) is 14.6. The Morgan fingerprint density at radius 2 is 1.93 bits per heavy atom. The van der Waals surface area contributed by atoms with Crippen LogP contribution in [0.5, 0.6) is 5.75 Å². The van der Waals surface area contributed by atoms with Gasteiger partial charge in [0.2, 0.25) is 0 Å². The van der Waals surface area contributed by atoms with E-state index in [0.29, 0.717) is 18.1 Å². The summed E-state index contributed by atoms with van der Waals surface area (Å²) in [5, 5.41) is 13.6. The van der Waals surface area contributed by atoms with Gasteiger partial charge in [-0.15, -0.1) is 11.3 Å². The summed E-state index contributed by atoms with van der Waals surface area (Å²) in [5.41, 5.74) is 2.09. The van der Waals surface area contributed by atoms with Gasteiger partial charge >= 0.3 is 0 Å². The van der Waals surface area contributed by atoms with Crippen molar-refractivity contribution in [2.24, 2.45) is 0 Å². The molecule has 2 N–H and O–H groups in total. The standard InChI is InChI=1S/C20H19N3O3S/c24-16-7-4-8-21-18(16)22-19(25)17-13-15(14-5-2-1-3-6-14)20(27-17)23-9-11-26-12-10-23/h1-8,13,24H,9-12H2,(H,21,22,25). The van der Waals surface area contributed by atoms with Crippen LogP contribution in [0.3, 0.4) is 0 Å². The van der Waals surface area contributed by atoms with Crippen LogP contribution in [0.2, 0.25) is 0 Å². The number of thiophene rings is 1. The van der Waals surface area contributed by atoms with Crippen LogP contribution in [-0.4, -0.2) is 42.3 Å². The van der Waals surface area contributed by atoms with E-state index in [-0.39, 0.29) is 17.5 Å².